The molecule has 0 saturated carbocycles. The van der Waals surface area contributed by atoms with Gasteiger partial charge in [0.05, 0.1) is 5.56 Å². The Kier molecular flexibility index (Phi) is 2.25. The van der Waals surface area contributed by atoms with Crippen LogP contribution in [0.4, 0.5) is 0 Å². The number of halogens is 2. The zero-order valence-electron chi connectivity index (χ0n) is 8.38. The molecule has 2 nitrogen and oxygen atoms in total. The zero-order valence-corrected chi connectivity index (χ0v) is 9.89. The van der Waals surface area contributed by atoms with Gasteiger partial charge in [0, 0.05) is 0 Å². The van der Waals surface area contributed by atoms with Crippen molar-refractivity contribution in [3.05, 3.63) is 29.8 Å². The Balaban J connectivity index is 2.61. The molecule has 1 aliphatic heterocycles. The molecular formula is C11H10Cl2O2. The molecule has 2 rings (SSSR count). The fourth-order valence-corrected chi connectivity index (χ4v) is 1.81. The van der Waals surface area contributed by atoms with Gasteiger partial charge >= 0.3 is 0 Å². The fourth-order valence-electron chi connectivity index (χ4n) is 1.52. The summed E-state index contributed by atoms with van der Waals surface area (Å²) in [5, 5.41) is 0. The van der Waals surface area contributed by atoms with Gasteiger partial charge in [-0.05, 0) is 26.0 Å². The minimum Gasteiger partial charge on any atom is -0.483 e. The van der Waals surface area contributed by atoms with E-state index >= 15 is 0 Å². The Bertz CT molecular complexity index is 424. The number of alkyl halides is 2. The third-order valence-electron chi connectivity index (χ3n) is 2.54. The zero-order chi connectivity index (χ0) is 11.3. The molecule has 0 atom stereocenters. The lowest BCUT2D eigenvalue weighted by Gasteiger charge is -2.40. The summed E-state index contributed by atoms with van der Waals surface area (Å²) in [5.74, 6) is 0.224. The Morgan fingerprint density at radius 3 is 2.47 bits per heavy atom. The summed E-state index contributed by atoms with van der Waals surface area (Å²) in [6.45, 7) is 3.39. The van der Waals surface area contributed by atoms with Crippen LogP contribution < -0.4 is 4.74 Å². The van der Waals surface area contributed by atoms with Crippen LogP contribution in [-0.2, 0) is 0 Å². The quantitative estimate of drug-likeness (QED) is 0.656. The van der Waals surface area contributed by atoms with Gasteiger partial charge in [-0.25, -0.2) is 0 Å². The SMILES string of the molecule is CC1(C)Oc2ccccc2C(=O)C1(Cl)Cl. The van der Waals surface area contributed by atoms with Crippen LogP contribution in [0, 0.1) is 0 Å². The lowest BCUT2D eigenvalue weighted by atomic mass is 9.92. The van der Waals surface area contributed by atoms with E-state index in [-0.39, 0.29) is 5.78 Å². The number of hydrogen-bond donors (Lipinski definition) is 0. The Morgan fingerprint density at radius 1 is 1.20 bits per heavy atom. The molecule has 80 valence electrons. The molecule has 0 unspecified atom stereocenters. The second kappa shape index (κ2) is 3.13. The largest absolute Gasteiger partial charge is 0.483 e. The lowest BCUT2D eigenvalue weighted by molar-refractivity contribution is 0.0561. The monoisotopic (exact) mass is 244 g/mol. The first-order chi connectivity index (χ1) is 6.86. The molecule has 1 aromatic carbocycles. The molecule has 1 aromatic rings. The highest BCUT2D eigenvalue weighted by Gasteiger charge is 2.54. The number of carbonyl (C=O) groups is 1. The van der Waals surface area contributed by atoms with E-state index in [0.717, 1.165) is 0 Å². The topological polar surface area (TPSA) is 26.3 Å². The van der Waals surface area contributed by atoms with Crippen molar-refractivity contribution >= 4 is 29.0 Å². The summed E-state index contributed by atoms with van der Waals surface area (Å²) >= 11 is 12.1. The Hall–Kier alpha value is -0.730. The highest BCUT2D eigenvalue weighted by Crippen LogP contribution is 2.45. The summed E-state index contributed by atoms with van der Waals surface area (Å²) in [7, 11) is 0. The molecular weight excluding hydrogens is 235 g/mol. The van der Waals surface area contributed by atoms with E-state index in [9.17, 15) is 4.79 Å². The van der Waals surface area contributed by atoms with Crippen molar-refractivity contribution < 1.29 is 9.53 Å². The number of ketones is 1. The first-order valence-corrected chi connectivity index (χ1v) is 5.32. The van der Waals surface area contributed by atoms with Gasteiger partial charge in [0.1, 0.15) is 11.4 Å². The minimum atomic E-state index is -1.54. The highest BCUT2D eigenvalue weighted by molar-refractivity contribution is 6.61. The van der Waals surface area contributed by atoms with Crippen molar-refractivity contribution in [1.29, 1.82) is 0 Å². The van der Waals surface area contributed by atoms with Gasteiger partial charge in [-0.3, -0.25) is 4.79 Å². The molecule has 0 aliphatic carbocycles. The molecule has 4 heteroatoms. The van der Waals surface area contributed by atoms with Gasteiger partial charge < -0.3 is 4.74 Å². The summed E-state index contributed by atoms with van der Waals surface area (Å²) in [6.07, 6.45) is 0. The first kappa shape index (κ1) is 10.8. The molecule has 0 bridgehead atoms. The first-order valence-electron chi connectivity index (χ1n) is 4.57. The summed E-state index contributed by atoms with van der Waals surface area (Å²) in [4.78, 5) is 12.0. The van der Waals surface area contributed by atoms with E-state index in [1.54, 1.807) is 38.1 Å². The Labute approximate surface area is 98.1 Å². The van der Waals surface area contributed by atoms with Crippen LogP contribution >= 0.6 is 23.2 Å². The fraction of sp³-hybridized carbons (Fsp3) is 0.364. The summed E-state index contributed by atoms with van der Waals surface area (Å²) < 4.78 is 4.08. The molecule has 0 radical (unpaired) electrons. The molecule has 0 amide bonds. The van der Waals surface area contributed by atoms with E-state index in [0.29, 0.717) is 11.3 Å². The molecule has 15 heavy (non-hydrogen) atoms. The number of Topliss-reactive ketones (excluding diaryl/α,β-unsaturated/α-hetero) is 1. The molecule has 0 spiro atoms. The average molecular weight is 245 g/mol. The predicted molar refractivity (Wildman–Crippen MR) is 59.9 cm³/mol. The minimum absolute atomic E-state index is 0.308. The summed E-state index contributed by atoms with van der Waals surface area (Å²) in [6, 6.07) is 6.95. The van der Waals surface area contributed by atoms with Crippen molar-refractivity contribution in [2.45, 2.75) is 23.8 Å². The van der Waals surface area contributed by atoms with Crippen LogP contribution in [0.15, 0.2) is 24.3 Å². The van der Waals surface area contributed by atoms with Crippen molar-refractivity contribution in [2.24, 2.45) is 0 Å². The number of rotatable bonds is 0. The molecule has 0 saturated heterocycles. The van der Waals surface area contributed by atoms with E-state index in [2.05, 4.69) is 0 Å². The van der Waals surface area contributed by atoms with Crippen LogP contribution in [0.2, 0.25) is 0 Å². The standard InChI is InChI=1S/C11H10Cl2O2/c1-10(2)11(12,13)9(14)7-5-3-4-6-8(7)15-10/h3-6H,1-2H3. The number of fused-ring (bicyclic) bond motifs is 1. The van der Waals surface area contributed by atoms with Crippen LogP contribution in [-0.4, -0.2) is 15.7 Å². The van der Waals surface area contributed by atoms with Crippen LogP contribution in [0.25, 0.3) is 0 Å². The van der Waals surface area contributed by atoms with E-state index < -0.39 is 9.93 Å². The van der Waals surface area contributed by atoms with Crippen molar-refractivity contribution in [1.82, 2.24) is 0 Å². The van der Waals surface area contributed by atoms with Gasteiger partial charge in [-0.2, -0.15) is 0 Å². The maximum Gasteiger partial charge on any atom is 0.219 e. The number of carbonyl (C=O) groups excluding carboxylic acids is 1. The van der Waals surface area contributed by atoms with Crippen LogP contribution in [0.5, 0.6) is 5.75 Å². The lowest BCUT2D eigenvalue weighted by Crippen LogP contribution is -2.54. The molecule has 0 aromatic heterocycles. The molecule has 1 aliphatic rings. The molecule has 0 N–H and O–H groups in total. The van der Waals surface area contributed by atoms with E-state index in [4.69, 9.17) is 27.9 Å². The van der Waals surface area contributed by atoms with Crippen molar-refractivity contribution in [2.75, 3.05) is 0 Å². The second-order valence-corrected chi connectivity index (χ2v) is 5.34. The highest BCUT2D eigenvalue weighted by atomic mass is 35.5. The number of benzene rings is 1. The van der Waals surface area contributed by atoms with Gasteiger partial charge in [0.25, 0.3) is 0 Å². The second-order valence-electron chi connectivity index (χ2n) is 4.01. The normalized spacial score (nSPS) is 21.7. The maximum atomic E-state index is 12.0. The van der Waals surface area contributed by atoms with Crippen LogP contribution in [0.1, 0.15) is 24.2 Å². The Morgan fingerprint density at radius 2 is 1.80 bits per heavy atom. The summed E-state index contributed by atoms with van der Waals surface area (Å²) in [5.41, 5.74) is -0.497. The number of para-hydroxylation sites is 1. The number of ether oxygens (including phenoxy) is 1. The van der Waals surface area contributed by atoms with E-state index in [1.807, 2.05) is 0 Å². The third kappa shape index (κ3) is 1.44. The van der Waals surface area contributed by atoms with Gasteiger partial charge in [0.15, 0.2) is 0 Å². The van der Waals surface area contributed by atoms with Gasteiger partial charge in [-0.15, -0.1) is 0 Å². The molecule has 1 heterocycles. The van der Waals surface area contributed by atoms with Crippen LogP contribution in [0.3, 0.4) is 0 Å². The van der Waals surface area contributed by atoms with Gasteiger partial charge in [-0.1, -0.05) is 35.3 Å². The number of hydrogen-bond acceptors (Lipinski definition) is 2. The van der Waals surface area contributed by atoms with E-state index in [1.165, 1.54) is 0 Å². The average Bonchev–Trinajstić information content (AvgIpc) is 2.15. The smallest absolute Gasteiger partial charge is 0.219 e. The predicted octanol–water partition coefficient (Wildman–Crippen LogP) is 3.21. The maximum absolute atomic E-state index is 12.0. The third-order valence-corrected chi connectivity index (χ3v) is 3.79. The van der Waals surface area contributed by atoms with Crippen molar-refractivity contribution in [3.8, 4) is 5.75 Å². The molecule has 0 fully saturated rings. The van der Waals surface area contributed by atoms with Crippen molar-refractivity contribution in [3.63, 3.8) is 0 Å². The van der Waals surface area contributed by atoms with Gasteiger partial charge in [0.2, 0.25) is 10.1 Å².